The summed E-state index contributed by atoms with van der Waals surface area (Å²) in [6.45, 7) is 2.72. The van der Waals surface area contributed by atoms with Gasteiger partial charge < -0.3 is 14.9 Å². The normalized spacial score (nSPS) is 10.5. The topological polar surface area (TPSA) is 77.1 Å². The maximum atomic E-state index is 5.53. The molecule has 0 radical (unpaired) electrons. The first-order chi connectivity index (χ1) is 7.29. The number of H-pyrrole nitrogens is 1. The average Bonchev–Trinajstić information content (AvgIpc) is 2.83. The molecule has 80 valence electrons. The summed E-state index contributed by atoms with van der Waals surface area (Å²) in [5.41, 5.74) is 7.45. The quantitative estimate of drug-likeness (QED) is 0.793. The van der Waals surface area contributed by atoms with Gasteiger partial charge in [0.25, 0.3) is 0 Å². The van der Waals surface area contributed by atoms with E-state index in [0.717, 1.165) is 17.0 Å². The van der Waals surface area contributed by atoms with Gasteiger partial charge in [-0.25, -0.2) is 0 Å². The van der Waals surface area contributed by atoms with Crippen LogP contribution in [0.15, 0.2) is 22.8 Å². The van der Waals surface area contributed by atoms with Crippen LogP contribution in [-0.4, -0.2) is 10.2 Å². The van der Waals surface area contributed by atoms with Gasteiger partial charge in [0.1, 0.15) is 12.4 Å². The smallest absolute Gasteiger partial charge is 0.233 e. The van der Waals surface area contributed by atoms with Gasteiger partial charge in [-0.1, -0.05) is 0 Å². The van der Waals surface area contributed by atoms with Crippen molar-refractivity contribution in [1.82, 2.24) is 10.2 Å². The van der Waals surface area contributed by atoms with Gasteiger partial charge in [-0.2, -0.15) is 0 Å². The Morgan fingerprint density at radius 1 is 1.60 bits per heavy atom. The number of aromatic amines is 1. The van der Waals surface area contributed by atoms with Gasteiger partial charge in [0.05, 0.1) is 6.26 Å². The summed E-state index contributed by atoms with van der Waals surface area (Å²) in [7, 11) is 0. The molecule has 15 heavy (non-hydrogen) atoms. The van der Waals surface area contributed by atoms with E-state index in [2.05, 4.69) is 10.2 Å². The molecule has 2 aromatic heterocycles. The Kier molecular flexibility index (Phi) is 2.73. The van der Waals surface area contributed by atoms with E-state index in [-0.39, 0.29) is 0 Å². The maximum Gasteiger partial charge on any atom is 0.233 e. The molecule has 3 N–H and O–H groups in total. The second-order valence-corrected chi connectivity index (χ2v) is 3.25. The lowest BCUT2D eigenvalue weighted by Crippen LogP contribution is -2.01. The number of hydrogen-bond donors (Lipinski definition) is 2. The molecule has 0 aliphatic heterocycles. The Hall–Kier alpha value is -1.75. The summed E-state index contributed by atoms with van der Waals surface area (Å²) >= 11 is 0. The van der Waals surface area contributed by atoms with Crippen molar-refractivity contribution >= 4 is 0 Å². The van der Waals surface area contributed by atoms with Crippen molar-refractivity contribution in [3.8, 4) is 5.88 Å². The fraction of sp³-hybridized carbons (Fsp3) is 0.300. The maximum absolute atomic E-state index is 5.53. The molecule has 2 aromatic rings. The third kappa shape index (κ3) is 2.19. The first-order valence-corrected chi connectivity index (χ1v) is 4.69. The largest absolute Gasteiger partial charge is 0.468 e. The Labute approximate surface area is 87.2 Å². The number of nitrogens with one attached hydrogen (secondary N) is 1. The molecule has 0 bridgehead atoms. The fourth-order valence-electron chi connectivity index (χ4n) is 1.28. The SMILES string of the molecule is Cc1cc(OCc2occc2CN)n[nH]1. The number of rotatable bonds is 4. The van der Waals surface area contributed by atoms with Crippen LogP contribution in [0.3, 0.4) is 0 Å². The molecule has 0 aromatic carbocycles. The molecule has 0 saturated carbocycles. The van der Waals surface area contributed by atoms with Crippen LogP contribution in [0.5, 0.6) is 5.88 Å². The van der Waals surface area contributed by atoms with E-state index in [9.17, 15) is 0 Å². The van der Waals surface area contributed by atoms with E-state index in [1.165, 1.54) is 0 Å². The zero-order valence-electron chi connectivity index (χ0n) is 8.49. The van der Waals surface area contributed by atoms with E-state index < -0.39 is 0 Å². The third-order valence-corrected chi connectivity index (χ3v) is 2.09. The molecular weight excluding hydrogens is 194 g/mol. The highest BCUT2D eigenvalue weighted by atomic mass is 16.5. The van der Waals surface area contributed by atoms with Crippen LogP contribution in [0.2, 0.25) is 0 Å². The van der Waals surface area contributed by atoms with Crippen molar-refractivity contribution in [3.05, 3.63) is 35.4 Å². The molecule has 2 rings (SSSR count). The lowest BCUT2D eigenvalue weighted by molar-refractivity contribution is 0.258. The number of nitrogens with two attached hydrogens (primary N) is 1. The van der Waals surface area contributed by atoms with E-state index in [1.54, 1.807) is 6.26 Å². The fourth-order valence-corrected chi connectivity index (χ4v) is 1.28. The van der Waals surface area contributed by atoms with Gasteiger partial charge >= 0.3 is 0 Å². The zero-order valence-corrected chi connectivity index (χ0v) is 8.49. The first-order valence-electron chi connectivity index (χ1n) is 4.69. The van der Waals surface area contributed by atoms with Crippen molar-refractivity contribution in [3.63, 3.8) is 0 Å². The summed E-state index contributed by atoms with van der Waals surface area (Å²) in [6.07, 6.45) is 1.61. The number of ether oxygens (including phenoxy) is 1. The third-order valence-electron chi connectivity index (χ3n) is 2.09. The Morgan fingerprint density at radius 3 is 3.13 bits per heavy atom. The molecule has 2 heterocycles. The van der Waals surface area contributed by atoms with Crippen LogP contribution in [0.1, 0.15) is 17.0 Å². The number of hydrogen-bond acceptors (Lipinski definition) is 4. The number of furan rings is 1. The van der Waals surface area contributed by atoms with Crippen molar-refractivity contribution in [2.75, 3.05) is 0 Å². The first kappa shape index (κ1) is 9.79. The molecule has 0 atom stereocenters. The lowest BCUT2D eigenvalue weighted by Gasteiger charge is -2.01. The highest BCUT2D eigenvalue weighted by molar-refractivity contribution is 5.17. The molecule has 0 spiro atoms. The predicted molar refractivity (Wildman–Crippen MR) is 54.3 cm³/mol. The van der Waals surface area contributed by atoms with Crippen molar-refractivity contribution in [1.29, 1.82) is 0 Å². The van der Waals surface area contributed by atoms with E-state index in [0.29, 0.717) is 19.0 Å². The van der Waals surface area contributed by atoms with Crippen LogP contribution in [0.4, 0.5) is 0 Å². The highest BCUT2D eigenvalue weighted by Crippen LogP contribution is 2.14. The van der Waals surface area contributed by atoms with Gasteiger partial charge in [-0.3, -0.25) is 5.10 Å². The molecular formula is C10H13N3O2. The van der Waals surface area contributed by atoms with Crippen LogP contribution in [0, 0.1) is 6.92 Å². The molecule has 0 saturated heterocycles. The van der Waals surface area contributed by atoms with E-state index in [4.69, 9.17) is 14.9 Å². The number of nitrogens with zero attached hydrogens (tertiary/aromatic N) is 1. The Morgan fingerprint density at radius 2 is 2.47 bits per heavy atom. The molecule has 5 nitrogen and oxygen atoms in total. The molecule has 5 heteroatoms. The van der Waals surface area contributed by atoms with E-state index >= 15 is 0 Å². The monoisotopic (exact) mass is 207 g/mol. The Balaban J connectivity index is 1.98. The summed E-state index contributed by atoms with van der Waals surface area (Å²) in [4.78, 5) is 0. The minimum absolute atomic E-state index is 0.351. The highest BCUT2D eigenvalue weighted by Gasteiger charge is 2.06. The second-order valence-electron chi connectivity index (χ2n) is 3.25. The van der Waals surface area contributed by atoms with Crippen molar-refractivity contribution in [2.45, 2.75) is 20.1 Å². The predicted octanol–water partition coefficient (Wildman–Crippen LogP) is 1.35. The van der Waals surface area contributed by atoms with Crippen LogP contribution in [0.25, 0.3) is 0 Å². The van der Waals surface area contributed by atoms with Gasteiger partial charge in [-0.05, 0) is 13.0 Å². The zero-order chi connectivity index (χ0) is 10.7. The van der Waals surface area contributed by atoms with Crippen molar-refractivity contribution in [2.24, 2.45) is 5.73 Å². The van der Waals surface area contributed by atoms with Crippen LogP contribution in [-0.2, 0) is 13.2 Å². The van der Waals surface area contributed by atoms with Gasteiger partial charge in [0.15, 0.2) is 0 Å². The molecule has 0 unspecified atom stereocenters. The minimum Gasteiger partial charge on any atom is -0.468 e. The lowest BCUT2D eigenvalue weighted by atomic mass is 10.2. The summed E-state index contributed by atoms with van der Waals surface area (Å²) in [6, 6.07) is 3.67. The molecule has 0 fully saturated rings. The Bertz CT molecular complexity index is 433. The standard InChI is InChI=1S/C10H13N3O2/c1-7-4-10(13-12-7)15-6-9-8(5-11)2-3-14-9/h2-4H,5-6,11H2,1H3,(H,12,13). The average molecular weight is 207 g/mol. The van der Waals surface area contributed by atoms with E-state index in [1.807, 2.05) is 19.1 Å². The molecule has 0 aliphatic rings. The van der Waals surface area contributed by atoms with Crippen LogP contribution < -0.4 is 10.5 Å². The van der Waals surface area contributed by atoms with Crippen LogP contribution >= 0.6 is 0 Å². The van der Waals surface area contributed by atoms with Gasteiger partial charge in [-0.15, -0.1) is 5.10 Å². The molecule has 0 amide bonds. The van der Waals surface area contributed by atoms with Crippen molar-refractivity contribution < 1.29 is 9.15 Å². The molecule has 0 aliphatic carbocycles. The summed E-state index contributed by atoms with van der Waals surface area (Å²) in [5.74, 6) is 1.31. The number of aromatic nitrogens is 2. The van der Waals surface area contributed by atoms with Gasteiger partial charge in [0.2, 0.25) is 5.88 Å². The van der Waals surface area contributed by atoms with Gasteiger partial charge in [0, 0.05) is 23.9 Å². The summed E-state index contributed by atoms with van der Waals surface area (Å²) < 4.78 is 10.7. The minimum atomic E-state index is 0.351. The second kappa shape index (κ2) is 4.18. The number of aryl methyl sites for hydroxylation is 1. The summed E-state index contributed by atoms with van der Waals surface area (Å²) in [5, 5.41) is 6.75.